The predicted octanol–water partition coefficient (Wildman–Crippen LogP) is 2.28. The number of aliphatic carboxylic acids is 1. The Morgan fingerprint density at radius 3 is 2.67 bits per heavy atom. The van der Waals surface area contributed by atoms with Crippen molar-refractivity contribution in [2.75, 3.05) is 0 Å². The van der Waals surface area contributed by atoms with Gasteiger partial charge in [-0.15, -0.1) is 0 Å². The van der Waals surface area contributed by atoms with Gasteiger partial charge < -0.3 is 5.11 Å². The van der Waals surface area contributed by atoms with Gasteiger partial charge >= 0.3 is 5.97 Å². The second-order valence-electron chi connectivity index (χ2n) is 4.34. The van der Waals surface area contributed by atoms with Crippen LogP contribution in [0.3, 0.4) is 0 Å². The van der Waals surface area contributed by atoms with Gasteiger partial charge in [-0.2, -0.15) is 0 Å². The third-order valence-electron chi connectivity index (χ3n) is 2.98. The van der Waals surface area contributed by atoms with Gasteiger partial charge in [0.25, 0.3) is 0 Å². The molecule has 1 aromatic heterocycles. The van der Waals surface area contributed by atoms with Crippen molar-refractivity contribution in [2.24, 2.45) is 5.92 Å². The molecule has 15 heavy (non-hydrogen) atoms. The molecule has 1 fully saturated rings. The molecule has 3 heteroatoms. The van der Waals surface area contributed by atoms with Crippen LogP contribution in [-0.2, 0) is 4.79 Å². The van der Waals surface area contributed by atoms with E-state index < -0.39 is 5.97 Å². The van der Waals surface area contributed by atoms with Crippen molar-refractivity contribution >= 4 is 5.97 Å². The Hall–Kier alpha value is -1.38. The zero-order chi connectivity index (χ0) is 11.0. The molecule has 1 aromatic rings. The van der Waals surface area contributed by atoms with Gasteiger partial charge in [-0.1, -0.05) is 0 Å². The molecule has 0 saturated heterocycles. The van der Waals surface area contributed by atoms with Crippen LogP contribution in [0.1, 0.15) is 35.6 Å². The Labute approximate surface area is 89.2 Å². The highest BCUT2D eigenvalue weighted by atomic mass is 16.4. The zero-order valence-electron chi connectivity index (χ0n) is 9.03. The maximum absolute atomic E-state index is 11.2. The number of aromatic nitrogens is 1. The summed E-state index contributed by atoms with van der Waals surface area (Å²) in [5.74, 6) is -0.741. The second kappa shape index (κ2) is 3.65. The Morgan fingerprint density at radius 1 is 1.53 bits per heavy atom. The van der Waals surface area contributed by atoms with Gasteiger partial charge in [0.05, 0.1) is 5.92 Å². The maximum Gasteiger partial charge on any atom is 0.311 e. The first-order chi connectivity index (χ1) is 7.09. The lowest BCUT2D eigenvalue weighted by molar-refractivity contribution is -0.139. The van der Waals surface area contributed by atoms with Crippen molar-refractivity contribution in [1.82, 2.24) is 4.98 Å². The number of pyridine rings is 1. The number of hydrogen-bond donors (Lipinski definition) is 1. The van der Waals surface area contributed by atoms with Crippen molar-refractivity contribution in [3.63, 3.8) is 0 Å². The smallest absolute Gasteiger partial charge is 0.311 e. The van der Waals surface area contributed by atoms with Crippen LogP contribution in [0, 0.1) is 19.8 Å². The lowest BCUT2D eigenvalue weighted by Gasteiger charge is -2.14. The van der Waals surface area contributed by atoms with E-state index in [9.17, 15) is 9.90 Å². The summed E-state index contributed by atoms with van der Waals surface area (Å²) in [6.07, 6.45) is 3.79. The monoisotopic (exact) mass is 205 g/mol. The summed E-state index contributed by atoms with van der Waals surface area (Å²) in [4.78, 5) is 15.4. The lowest BCUT2D eigenvalue weighted by Crippen LogP contribution is -2.15. The summed E-state index contributed by atoms with van der Waals surface area (Å²) in [7, 11) is 0. The van der Waals surface area contributed by atoms with E-state index in [-0.39, 0.29) is 5.92 Å². The molecule has 1 heterocycles. The van der Waals surface area contributed by atoms with E-state index in [1.165, 1.54) is 0 Å². The van der Waals surface area contributed by atoms with Crippen molar-refractivity contribution in [1.29, 1.82) is 0 Å². The Balaban J connectivity index is 2.37. The Bertz CT molecular complexity index is 397. The number of aryl methyl sites for hydroxylation is 2. The van der Waals surface area contributed by atoms with Gasteiger partial charge in [0, 0.05) is 11.9 Å². The maximum atomic E-state index is 11.2. The summed E-state index contributed by atoms with van der Waals surface area (Å²) in [6.45, 7) is 3.88. The average Bonchev–Trinajstić information content (AvgIpc) is 2.92. The summed E-state index contributed by atoms with van der Waals surface area (Å²) < 4.78 is 0. The number of carboxylic acid groups (broad SMARTS) is 1. The number of carboxylic acids is 1. The van der Waals surface area contributed by atoms with Crippen LogP contribution in [-0.4, -0.2) is 16.1 Å². The van der Waals surface area contributed by atoms with Gasteiger partial charge in [0.15, 0.2) is 0 Å². The predicted molar refractivity (Wildman–Crippen MR) is 56.8 cm³/mol. The van der Waals surface area contributed by atoms with E-state index in [1.807, 2.05) is 19.9 Å². The lowest BCUT2D eigenvalue weighted by atomic mass is 9.92. The van der Waals surface area contributed by atoms with Crippen LogP contribution in [0.2, 0.25) is 0 Å². The largest absolute Gasteiger partial charge is 0.481 e. The van der Waals surface area contributed by atoms with Crippen LogP contribution in [0.5, 0.6) is 0 Å². The molecule has 0 aromatic carbocycles. The fraction of sp³-hybridized carbons (Fsp3) is 0.500. The van der Waals surface area contributed by atoms with E-state index in [0.29, 0.717) is 5.92 Å². The molecule has 1 N–H and O–H groups in total. The first kappa shape index (κ1) is 10.1. The van der Waals surface area contributed by atoms with E-state index >= 15 is 0 Å². The SMILES string of the molecule is Cc1cc(C)c(C(C(=O)O)C2CC2)cn1. The first-order valence-electron chi connectivity index (χ1n) is 5.25. The van der Waals surface area contributed by atoms with E-state index in [1.54, 1.807) is 6.20 Å². The molecule has 1 unspecified atom stereocenters. The molecule has 1 aliphatic rings. The quantitative estimate of drug-likeness (QED) is 0.823. The molecule has 0 spiro atoms. The molecule has 0 aliphatic heterocycles. The van der Waals surface area contributed by atoms with E-state index in [0.717, 1.165) is 29.7 Å². The average molecular weight is 205 g/mol. The fourth-order valence-corrected chi connectivity index (χ4v) is 2.05. The molecular formula is C12H15NO2. The van der Waals surface area contributed by atoms with Crippen LogP contribution in [0.25, 0.3) is 0 Å². The standard InChI is InChI=1S/C12H15NO2/c1-7-5-8(2)13-6-10(7)11(12(14)15)9-3-4-9/h5-6,9,11H,3-4H2,1-2H3,(H,14,15). The normalized spacial score (nSPS) is 17.5. The molecule has 0 amide bonds. The molecule has 3 nitrogen and oxygen atoms in total. The van der Waals surface area contributed by atoms with Gasteiger partial charge in [-0.3, -0.25) is 9.78 Å². The molecular weight excluding hydrogens is 190 g/mol. The van der Waals surface area contributed by atoms with Crippen molar-refractivity contribution in [2.45, 2.75) is 32.6 Å². The van der Waals surface area contributed by atoms with E-state index in [4.69, 9.17) is 0 Å². The molecule has 80 valence electrons. The Morgan fingerprint density at radius 2 is 2.20 bits per heavy atom. The van der Waals surface area contributed by atoms with Crippen LogP contribution >= 0.6 is 0 Å². The summed E-state index contributed by atoms with van der Waals surface area (Å²) >= 11 is 0. The second-order valence-corrected chi connectivity index (χ2v) is 4.34. The Kier molecular flexibility index (Phi) is 2.47. The van der Waals surface area contributed by atoms with E-state index in [2.05, 4.69) is 4.98 Å². The summed E-state index contributed by atoms with van der Waals surface area (Å²) in [6, 6.07) is 1.95. The minimum absolute atomic E-state index is 0.325. The minimum Gasteiger partial charge on any atom is -0.481 e. The number of rotatable bonds is 3. The van der Waals surface area contributed by atoms with Gasteiger partial charge in [-0.05, 0) is 49.8 Å². The highest BCUT2D eigenvalue weighted by molar-refractivity contribution is 5.77. The van der Waals surface area contributed by atoms with Crippen molar-refractivity contribution in [3.8, 4) is 0 Å². The van der Waals surface area contributed by atoms with Crippen LogP contribution < -0.4 is 0 Å². The van der Waals surface area contributed by atoms with Crippen LogP contribution in [0.15, 0.2) is 12.3 Å². The third-order valence-corrected chi connectivity index (χ3v) is 2.98. The zero-order valence-corrected chi connectivity index (χ0v) is 9.03. The molecule has 0 radical (unpaired) electrons. The number of carbonyl (C=O) groups is 1. The summed E-state index contributed by atoms with van der Waals surface area (Å²) in [5.41, 5.74) is 2.87. The third kappa shape index (κ3) is 2.01. The summed E-state index contributed by atoms with van der Waals surface area (Å²) in [5, 5.41) is 9.20. The van der Waals surface area contributed by atoms with Gasteiger partial charge in [0.1, 0.15) is 0 Å². The molecule has 1 saturated carbocycles. The number of hydrogen-bond acceptors (Lipinski definition) is 2. The van der Waals surface area contributed by atoms with Crippen molar-refractivity contribution in [3.05, 3.63) is 29.1 Å². The minimum atomic E-state index is -0.716. The van der Waals surface area contributed by atoms with Gasteiger partial charge in [-0.25, -0.2) is 0 Å². The highest BCUT2D eigenvalue weighted by Crippen LogP contribution is 2.43. The number of nitrogens with zero attached hydrogens (tertiary/aromatic N) is 1. The van der Waals surface area contributed by atoms with Crippen LogP contribution in [0.4, 0.5) is 0 Å². The van der Waals surface area contributed by atoms with Crippen molar-refractivity contribution < 1.29 is 9.90 Å². The van der Waals surface area contributed by atoms with Gasteiger partial charge in [0.2, 0.25) is 0 Å². The molecule has 1 atom stereocenters. The topological polar surface area (TPSA) is 50.2 Å². The first-order valence-corrected chi connectivity index (χ1v) is 5.25. The fourth-order valence-electron chi connectivity index (χ4n) is 2.05. The molecule has 2 rings (SSSR count). The molecule has 1 aliphatic carbocycles. The highest BCUT2D eigenvalue weighted by Gasteiger charge is 2.38. The molecule has 0 bridgehead atoms.